The average Bonchev–Trinajstić information content (AvgIpc) is 2.30. The van der Waals surface area contributed by atoms with Crippen LogP contribution in [-0.2, 0) is 0 Å². The number of phenols is 2. The van der Waals surface area contributed by atoms with Crippen molar-refractivity contribution in [1.82, 2.24) is 4.98 Å². The first-order valence-corrected chi connectivity index (χ1v) is 4.86. The summed E-state index contributed by atoms with van der Waals surface area (Å²) < 4.78 is 0. The number of nitrogens with two attached hydrogens (primary N) is 1. The molecular formula is C12H12N2O2. The Morgan fingerprint density at radius 2 is 1.75 bits per heavy atom. The van der Waals surface area contributed by atoms with Crippen molar-refractivity contribution in [3.63, 3.8) is 0 Å². The Balaban J connectivity index is 2.46. The zero-order valence-corrected chi connectivity index (χ0v) is 8.54. The van der Waals surface area contributed by atoms with E-state index < -0.39 is 6.04 Å². The minimum atomic E-state index is -0.588. The highest BCUT2D eigenvalue weighted by Crippen LogP contribution is 2.34. The summed E-state index contributed by atoms with van der Waals surface area (Å²) in [5.74, 6) is -0.0345. The molecule has 1 aromatic carbocycles. The van der Waals surface area contributed by atoms with E-state index in [1.807, 2.05) is 0 Å². The third-order valence-corrected chi connectivity index (χ3v) is 2.41. The fraction of sp³-hybridized carbons (Fsp3) is 0.0833. The van der Waals surface area contributed by atoms with Crippen LogP contribution in [0, 0.1) is 0 Å². The zero-order chi connectivity index (χ0) is 11.5. The summed E-state index contributed by atoms with van der Waals surface area (Å²) in [6, 6.07) is 7.51. The highest BCUT2D eigenvalue weighted by molar-refractivity contribution is 5.48. The van der Waals surface area contributed by atoms with Gasteiger partial charge in [0.25, 0.3) is 0 Å². The van der Waals surface area contributed by atoms with Crippen molar-refractivity contribution in [2.24, 2.45) is 5.73 Å². The first-order chi connectivity index (χ1) is 7.70. The summed E-state index contributed by atoms with van der Waals surface area (Å²) in [5.41, 5.74) is 7.01. The van der Waals surface area contributed by atoms with E-state index in [0.717, 1.165) is 5.56 Å². The molecule has 1 heterocycles. The molecule has 1 atom stereocenters. The van der Waals surface area contributed by atoms with E-state index in [-0.39, 0.29) is 11.5 Å². The molecule has 82 valence electrons. The number of aromatic hydroxyl groups is 2. The monoisotopic (exact) mass is 216 g/mol. The van der Waals surface area contributed by atoms with Crippen molar-refractivity contribution >= 4 is 0 Å². The molecule has 4 heteroatoms. The standard InChI is InChI=1S/C12H12N2O2/c13-12(8-3-2-6-14-7-8)11-9(15)4-1-5-10(11)16/h1-7,12,15-16H,13H2. The molecule has 2 rings (SSSR count). The van der Waals surface area contributed by atoms with Crippen LogP contribution < -0.4 is 5.73 Å². The van der Waals surface area contributed by atoms with E-state index in [1.54, 1.807) is 30.6 Å². The molecule has 0 bridgehead atoms. The number of aromatic nitrogens is 1. The van der Waals surface area contributed by atoms with Crippen LogP contribution in [0.5, 0.6) is 11.5 Å². The van der Waals surface area contributed by atoms with Gasteiger partial charge in [0.05, 0.1) is 11.6 Å². The third kappa shape index (κ3) is 1.83. The Bertz CT molecular complexity index is 465. The maximum Gasteiger partial charge on any atom is 0.124 e. The first kappa shape index (κ1) is 10.4. The van der Waals surface area contributed by atoms with Gasteiger partial charge in [0.2, 0.25) is 0 Å². The van der Waals surface area contributed by atoms with E-state index in [0.29, 0.717) is 5.56 Å². The van der Waals surface area contributed by atoms with Gasteiger partial charge in [-0.2, -0.15) is 0 Å². The summed E-state index contributed by atoms with van der Waals surface area (Å²) in [5, 5.41) is 19.3. The van der Waals surface area contributed by atoms with E-state index in [4.69, 9.17) is 5.73 Å². The maximum atomic E-state index is 9.66. The summed E-state index contributed by atoms with van der Waals surface area (Å²) in [7, 11) is 0. The quantitative estimate of drug-likeness (QED) is 0.711. The predicted molar refractivity (Wildman–Crippen MR) is 60.0 cm³/mol. The normalized spacial score (nSPS) is 12.3. The molecule has 0 aliphatic heterocycles. The van der Waals surface area contributed by atoms with Crippen molar-refractivity contribution in [3.8, 4) is 11.5 Å². The van der Waals surface area contributed by atoms with Gasteiger partial charge in [-0.25, -0.2) is 0 Å². The first-order valence-electron chi connectivity index (χ1n) is 4.86. The third-order valence-electron chi connectivity index (χ3n) is 2.41. The summed E-state index contributed by atoms with van der Waals surface area (Å²) in [4.78, 5) is 3.95. The van der Waals surface area contributed by atoms with Gasteiger partial charge in [-0.05, 0) is 23.8 Å². The molecule has 16 heavy (non-hydrogen) atoms. The minimum absolute atomic E-state index is 0.0173. The van der Waals surface area contributed by atoms with Crippen LogP contribution in [0.25, 0.3) is 0 Å². The van der Waals surface area contributed by atoms with Gasteiger partial charge in [0, 0.05) is 12.4 Å². The minimum Gasteiger partial charge on any atom is -0.507 e. The van der Waals surface area contributed by atoms with Crippen molar-refractivity contribution < 1.29 is 10.2 Å². The molecule has 1 unspecified atom stereocenters. The fourth-order valence-electron chi connectivity index (χ4n) is 1.59. The van der Waals surface area contributed by atoms with Crippen molar-refractivity contribution in [3.05, 3.63) is 53.9 Å². The second-order valence-corrected chi connectivity index (χ2v) is 3.47. The average molecular weight is 216 g/mol. The van der Waals surface area contributed by atoms with Crippen molar-refractivity contribution in [1.29, 1.82) is 0 Å². The predicted octanol–water partition coefficient (Wildman–Crippen LogP) is 1.54. The van der Waals surface area contributed by atoms with Crippen LogP contribution in [0.2, 0.25) is 0 Å². The van der Waals surface area contributed by atoms with Gasteiger partial charge in [-0.3, -0.25) is 4.98 Å². The SMILES string of the molecule is NC(c1cccnc1)c1c(O)cccc1O. The number of pyridine rings is 1. The summed E-state index contributed by atoms with van der Waals surface area (Å²) >= 11 is 0. The lowest BCUT2D eigenvalue weighted by atomic mass is 9.99. The molecule has 4 N–H and O–H groups in total. The molecule has 4 nitrogen and oxygen atoms in total. The lowest BCUT2D eigenvalue weighted by Gasteiger charge is -2.14. The number of rotatable bonds is 2. The molecule has 0 aliphatic carbocycles. The van der Waals surface area contributed by atoms with Crippen LogP contribution in [0.1, 0.15) is 17.2 Å². The largest absolute Gasteiger partial charge is 0.507 e. The molecule has 0 radical (unpaired) electrons. The van der Waals surface area contributed by atoms with Gasteiger partial charge in [0.1, 0.15) is 11.5 Å². The molecule has 0 aliphatic rings. The molecule has 1 aromatic heterocycles. The Morgan fingerprint density at radius 3 is 2.31 bits per heavy atom. The number of nitrogens with zero attached hydrogens (tertiary/aromatic N) is 1. The molecule has 0 saturated heterocycles. The van der Waals surface area contributed by atoms with Crippen LogP contribution in [0.4, 0.5) is 0 Å². The maximum absolute atomic E-state index is 9.66. The fourth-order valence-corrected chi connectivity index (χ4v) is 1.59. The number of phenolic OH excluding ortho intramolecular Hbond substituents is 2. The molecule has 0 fully saturated rings. The molecular weight excluding hydrogens is 204 g/mol. The molecule has 0 amide bonds. The second-order valence-electron chi connectivity index (χ2n) is 3.47. The Morgan fingerprint density at radius 1 is 1.06 bits per heavy atom. The van der Waals surface area contributed by atoms with Crippen LogP contribution in [-0.4, -0.2) is 15.2 Å². The van der Waals surface area contributed by atoms with Gasteiger partial charge >= 0.3 is 0 Å². The van der Waals surface area contributed by atoms with Gasteiger partial charge in [0.15, 0.2) is 0 Å². The highest BCUT2D eigenvalue weighted by atomic mass is 16.3. The lowest BCUT2D eigenvalue weighted by Crippen LogP contribution is -2.12. The van der Waals surface area contributed by atoms with E-state index in [2.05, 4.69) is 4.98 Å². The van der Waals surface area contributed by atoms with Crippen LogP contribution in [0.15, 0.2) is 42.7 Å². The van der Waals surface area contributed by atoms with E-state index in [1.165, 1.54) is 12.1 Å². The number of benzene rings is 1. The van der Waals surface area contributed by atoms with E-state index in [9.17, 15) is 10.2 Å². The van der Waals surface area contributed by atoms with Gasteiger partial charge in [-0.1, -0.05) is 12.1 Å². The second kappa shape index (κ2) is 4.20. The Labute approximate surface area is 93.0 Å². The van der Waals surface area contributed by atoms with Crippen LogP contribution >= 0.6 is 0 Å². The smallest absolute Gasteiger partial charge is 0.124 e. The Hall–Kier alpha value is -2.07. The number of hydrogen-bond donors (Lipinski definition) is 3. The van der Waals surface area contributed by atoms with Crippen molar-refractivity contribution in [2.75, 3.05) is 0 Å². The summed E-state index contributed by atoms with van der Waals surface area (Å²) in [6.45, 7) is 0. The summed E-state index contributed by atoms with van der Waals surface area (Å²) in [6.07, 6.45) is 3.25. The number of hydrogen-bond acceptors (Lipinski definition) is 4. The lowest BCUT2D eigenvalue weighted by molar-refractivity contribution is 0.434. The topological polar surface area (TPSA) is 79.4 Å². The van der Waals surface area contributed by atoms with E-state index >= 15 is 0 Å². The molecule has 0 spiro atoms. The zero-order valence-electron chi connectivity index (χ0n) is 8.54. The Kier molecular flexibility index (Phi) is 2.74. The highest BCUT2D eigenvalue weighted by Gasteiger charge is 2.16. The molecule has 2 aromatic rings. The molecule has 0 saturated carbocycles. The van der Waals surface area contributed by atoms with Gasteiger partial charge < -0.3 is 15.9 Å². The van der Waals surface area contributed by atoms with Crippen molar-refractivity contribution in [2.45, 2.75) is 6.04 Å². The van der Waals surface area contributed by atoms with Gasteiger partial charge in [-0.15, -0.1) is 0 Å². The van der Waals surface area contributed by atoms with Crippen LogP contribution in [0.3, 0.4) is 0 Å².